The number of para-hydroxylation sites is 1. The van der Waals surface area contributed by atoms with Gasteiger partial charge in [0.05, 0.1) is 11.7 Å². The number of halogens is 1. The van der Waals surface area contributed by atoms with Crippen LogP contribution < -0.4 is 21.8 Å². The van der Waals surface area contributed by atoms with E-state index in [1.807, 2.05) is 0 Å². The number of hydrogen-bond acceptors (Lipinski definition) is 6. The molecule has 1 aromatic heterocycles. The molecule has 1 unspecified atom stereocenters. The summed E-state index contributed by atoms with van der Waals surface area (Å²) >= 11 is 6.53. The van der Waals surface area contributed by atoms with Crippen molar-refractivity contribution in [2.75, 3.05) is 30.7 Å². The molecule has 1 saturated heterocycles. The Hall–Kier alpha value is -2.69. The van der Waals surface area contributed by atoms with Crippen LogP contribution in [-0.2, 0) is 10.0 Å². The second-order valence-corrected chi connectivity index (χ2v) is 11.5. The van der Waals surface area contributed by atoms with Crippen LogP contribution in [0.25, 0.3) is 5.82 Å². The van der Waals surface area contributed by atoms with Crippen molar-refractivity contribution < 1.29 is 8.42 Å². The molecule has 1 aromatic carbocycles. The van der Waals surface area contributed by atoms with Crippen molar-refractivity contribution in [2.24, 2.45) is 5.92 Å². The monoisotopic (exact) mass is 510 g/mol. The van der Waals surface area contributed by atoms with Crippen molar-refractivity contribution in [1.29, 1.82) is 0 Å². The van der Waals surface area contributed by atoms with Crippen molar-refractivity contribution in [1.82, 2.24) is 19.4 Å². The number of nitrogens with zero attached hydrogens (tertiary/aromatic N) is 3. The quantitative estimate of drug-likeness (QED) is 0.407. The Labute approximate surface area is 212 Å². The number of aromatic nitrogens is 2. The van der Waals surface area contributed by atoms with Gasteiger partial charge in [0, 0.05) is 30.9 Å². The summed E-state index contributed by atoms with van der Waals surface area (Å²) in [6, 6.07) is 6.50. The van der Waals surface area contributed by atoms with Crippen molar-refractivity contribution in [3.05, 3.63) is 59.3 Å². The lowest BCUT2D eigenvalue weighted by atomic mass is 9.95. The van der Waals surface area contributed by atoms with Gasteiger partial charge in [0.1, 0.15) is 24.4 Å². The first-order valence-electron chi connectivity index (χ1n) is 11.8. The van der Waals surface area contributed by atoms with Crippen LogP contribution in [0.2, 0.25) is 0 Å². The molecule has 1 atom stereocenters. The number of allylic oxidation sites excluding steroid dienone is 2. The number of nitrogens with one attached hydrogen (secondary N) is 2. The molecule has 3 heterocycles. The SMILES string of the molecule is [B]c1cnn2c1NC(C1=C(Cl)CCC=C1)C=C2NCC1CCN(S(=O)(=O)c2ccccc2N)CC1. The maximum Gasteiger partial charge on any atom is 0.245 e. The predicted molar refractivity (Wildman–Crippen MR) is 141 cm³/mol. The van der Waals surface area contributed by atoms with Gasteiger partial charge >= 0.3 is 0 Å². The second-order valence-electron chi connectivity index (χ2n) is 9.10. The van der Waals surface area contributed by atoms with Crippen LogP contribution in [0.4, 0.5) is 11.5 Å². The van der Waals surface area contributed by atoms with Gasteiger partial charge in [-0.25, -0.2) is 13.1 Å². The average molecular weight is 511 g/mol. The van der Waals surface area contributed by atoms with Crippen LogP contribution in [0, 0.1) is 5.92 Å². The van der Waals surface area contributed by atoms with Gasteiger partial charge in [-0.15, -0.1) is 0 Å². The van der Waals surface area contributed by atoms with E-state index in [0.717, 1.165) is 47.9 Å². The first-order chi connectivity index (χ1) is 16.8. The van der Waals surface area contributed by atoms with E-state index in [9.17, 15) is 8.42 Å². The highest BCUT2D eigenvalue weighted by atomic mass is 35.5. The predicted octanol–water partition coefficient (Wildman–Crippen LogP) is 2.39. The summed E-state index contributed by atoms with van der Waals surface area (Å²) in [5.41, 5.74) is 7.80. The Morgan fingerprint density at radius 3 is 2.77 bits per heavy atom. The molecule has 182 valence electrons. The minimum atomic E-state index is -3.60. The fourth-order valence-electron chi connectivity index (χ4n) is 4.79. The molecule has 2 radical (unpaired) electrons. The third kappa shape index (κ3) is 4.74. The molecule has 4 N–H and O–H groups in total. The van der Waals surface area contributed by atoms with Gasteiger partial charge in [0.2, 0.25) is 10.0 Å². The molecule has 3 aliphatic rings. The summed E-state index contributed by atoms with van der Waals surface area (Å²) < 4.78 is 29.4. The zero-order valence-electron chi connectivity index (χ0n) is 19.3. The number of piperidine rings is 1. The van der Waals surface area contributed by atoms with Crippen molar-refractivity contribution in [2.45, 2.75) is 36.6 Å². The average Bonchev–Trinajstić information content (AvgIpc) is 3.24. The van der Waals surface area contributed by atoms with Gasteiger partial charge in [-0.1, -0.05) is 35.9 Å². The molecule has 0 spiro atoms. The van der Waals surface area contributed by atoms with Crippen LogP contribution in [0.5, 0.6) is 0 Å². The Morgan fingerprint density at radius 1 is 1.26 bits per heavy atom. The largest absolute Gasteiger partial charge is 0.398 e. The summed E-state index contributed by atoms with van der Waals surface area (Å²) in [5, 5.41) is 12.2. The number of nitrogen functional groups attached to an aromatic ring is 1. The second kappa shape index (κ2) is 9.75. The fourth-order valence-corrected chi connectivity index (χ4v) is 6.67. The van der Waals surface area contributed by atoms with Crippen LogP contribution >= 0.6 is 11.6 Å². The van der Waals surface area contributed by atoms with Gasteiger partial charge in [-0.3, -0.25) is 0 Å². The summed E-state index contributed by atoms with van der Waals surface area (Å²) in [6.07, 6.45) is 11.2. The van der Waals surface area contributed by atoms with Crippen LogP contribution in [0.1, 0.15) is 25.7 Å². The van der Waals surface area contributed by atoms with Gasteiger partial charge in [0.25, 0.3) is 0 Å². The number of hydrogen-bond donors (Lipinski definition) is 3. The van der Waals surface area contributed by atoms with E-state index < -0.39 is 10.0 Å². The standard InChI is InChI=1S/C24H28BClN6O2S/c25-18-15-29-32-23(13-21(30-24(18)32)17-5-1-2-6-19(17)26)28-14-16-9-11-31(12-10-16)35(33,34)22-8-4-3-7-20(22)27/h1,3-5,7-8,13,15-16,21,28,30H,2,6,9-12,14,27H2. The Kier molecular flexibility index (Phi) is 6.70. The Bertz CT molecular complexity index is 1310. The highest BCUT2D eigenvalue weighted by Crippen LogP contribution is 2.31. The van der Waals surface area contributed by atoms with Crippen molar-refractivity contribution in [3.8, 4) is 0 Å². The molecule has 0 amide bonds. The molecular weight excluding hydrogens is 483 g/mol. The Morgan fingerprint density at radius 2 is 2.03 bits per heavy atom. The van der Waals surface area contributed by atoms with Crippen molar-refractivity contribution in [3.63, 3.8) is 0 Å². The summed E-state index contributed by atoms with van der Waals surface area (Å²) in [7, 11) is 2.57. The van der Waals surface area contributed by atoms with Crippen LogP contribution in [0.15, 0.2) is 64.2 Å². The first kappa shape index (κ1) is 24.0. The molecule has 2 aliphatic heterocycles. The minimum Gasteiger partial charge on any atom is -0.398 e. The normalized spacial score (nSPS) is 21.4. The molecule has 0 saturated carbocycles. The number of nitrogens with two attached hydrogens (primary N) is 1. The molecule has 8 nitrogen and oxygen atoms in total. The number of sulfonamides is 1. The van der Waals surface area contributed by atoms with E-state index in [0.29, 0.717) is 31.0 Å². The highest BCUT2D eigenvalue weighted by Gasteiger charge is 2.31. The third-order valence-corrected chi connectivity index (χ3v) is 9.18. The number of benzene rings is 1. The van der Waals surface area contributed by atoms with Gasteiger partial charge in [-0.05, 0) is 60.8 Å². The summed E-state index contributed by atoms with van der Waals surface area (Å²) in [4.78, 5) is 0.177. The number of fused-ring (bicyclic) bond motifs is 1. The Balaban J connectivity index is 1.26. The van der Waals surface area contributed by atoms with E-state index in [4.69, 9.17) is 25.2 Å². The van der Waals surface area contributed by atoms with Crippen LogP contribution in [-0.4, -0.2) is 56.0 Å². The lowest BCUT2D eigenvalue weighted by Gasteiger charge is -2.33. The number of rotatable bonds is 6. The summed E-state index contributed by atoms with van der Waals surface area (Å²) in [5.74, 6) is 1.89. The van der Waals surface area contributed by atoms with E-state index >= 15 is 0 Å². The van der Waals surface area contributed by atoms with E-state index in [-0.39, 0.29) is 16.6 Å². The van der Waals surface area contributed by atoms with Gasteiger partial charge in [-0.2, -0.15) is 9.40 Å². The zero-order chi connectivity index (χ0) is 24.6. The lowest BCUT2D eigenvalue weighted by molar-refractivity contribution is 0.272. The topological polar surface area (TPSA) is 105 Å². The lowest BCUT2D eigenvalue weighted by Crippen LogP contribution is -2.41. The third-order valence-electron chi connectivity index (χ3n) is 6.80. The molecule has 11 heteroatoms. The molecule has 2 aromatic rings. The van der Waals surface area contributed by atoms with E-state index in [2.05, 4.69) is 34.0 Å². The zero-order valence-corrected chi connectivity index (χ0v) is 20.9. The number of anilines is 2. The van der Waals surface area contributed by atoms with Gasteiger partial charge in [0.15, 0.2) is 0 Å². The highest BCUT2D eigenvalue weighted by molar-refractivity contribution is 7.89. The molecule has 0 bridgehead atoms. The maximum atomic E-state index is 13.0. The summed E-state index contributed by atoms with van der Waals surface area (Å²) in [6.45, 7) is 1.61. The molecule has 1 aliphatic carbocycles. The molecule has 5 rings (SSSR count). The van der Waals surface area contributed by atoms with E-state index in [1.165, 1.54) is 4.31 Å². The molecular formula is C24H28BClN6O2S. The minimum absolute atomic E-state index is 0.114. The smallest absolute Gasteiger partial charge is 0.245 e. The van der Waals surface area contributed by atoms with Gasteiger partial charge < -0.3 is 16.4 Å². The van der Waals surface area contributed by atoms with Crippen LogP contribution in [0.3, 0.4) is 0 Å². The fraction of sp³-hybridized carbons (Fsp3) is 0.375. The van der Waals surface area contributed by atoms with Crippen molar-refractivity contribution >= 4 is 52.3 Å². The van der Waals surface area contributed by atoms with E-state index in [1.54, 1.807) is 35.1 Å². The first-order valence-corrected chi connectivity index (χ1v) is 13.6. The molecule has 1 fully saturated rings. The molecule has 35 heavy (non-hydrogen) atoms. The maximum absolute atomic E-state index is 13.0.